The molecular formula is C14H18FNO3. The maximum atomic E-state index is 12.0. The number of rotatable bonds is 5. The van der Waals surface area contributed by atoms with E-state index in [4.69, 9.17) is 4.74 Å². The van der Waals surface area contributed by atoms with Crippen molar-refractivity contribution >= 4 is 11.6 Å². The molecule has 0 unspecified atom stereocenters. The smallest absolute Gasteiger partial charge is 0.256 e. The molecule has 2 N–H and O–H groups in total. The van der Waals surface area contributed by atoms with E-state index in [1.54, 1.807) is 24.3 Å². The summed E-state index contributed by atoms with van der Waals surface area (Å²) in [6.45, 7) is -0.572. The fourth-order valence-corrected chi connectivity index (χ4v) is 2.25. The molecule has 0 aromatic heterocycles. The van der Waals surface area contributed by atoms with Gasteiger partial charge in [0.2, 0.25) is 0 Å². The molecule has 1 saturated carbocycles. The molecule has 1 aromatic rings. The molecule has 1 amide bonds. The second kappa shape index (κ2) is 6.02. The summed E-state index contributed by atoms with van der Waals surface area (Å²) in [6.07, 6.45) is 2.72. The molecule has 1 aliphatic rings. The largest absolute Gasteiger partial charge is 0.491 e. The van der Waals surface area contributed by atoms with Gasteiger partial charge < -0.3 is 15.2 Å². The number of benzene rings is 1. The summed E-state index contributed by atoms with van der Waals surface area (Å²) in [5, 5.41) is 12.8. The van der Waals surface area contributed by atoms with Crippen molar-refractivity contribution in [3.8, 4) is 5.75 Å². The van der Waals surface area contributed by atoms with E-state index in [0.717, 1.165) is 12.8 Å². The maximum absolute atomic E-state index is 12.0. The number of ether oxygens (including phenoxy) is 1. The average molecular weight is 267 g/mol. The standard InChI is InChI=1S/C14H18FNO3/c15-8-9-19-12-5-3-4-11(10-12)16-13(17)14(18)6-1-2-7-14/h3-5,10,18H,1-2,6-9H2,(H,16,17). The fraction of sp³-hybridized carbons (Fsp3) is 0.500. The quantitative estimate of drug-likeness (QED) is 0.860. The lowest BCUT2D eigenvalue weighted by atomic mass is 10.0. The predicted molar refractivity (Wildman–Crippen MR) is 70.0 cm³/mol. The number of nitrogens with one attached hydrogen (secondary N) is 1. The maximum Gasteiger partial charge on any atom is 0.256 e. The molecule has 1 fully saturated rings. The van der Waals surface area contributed by atoms with Gasteiger partial charge in [-0.2, -0.15) is 0 Å². The summed E-state index contributed by atoms with van der Waals surface area (Å²) >= 11 is 0. The molecule has 4 nitrogen and oxygen atoms in total. The Kier molecular flexibility index (Phi) is 4.37. The first kappa shape index (κ1) is 13.8. The number of aliphatic hydroxyl groups is 1. The zero-order valence-corrected chi connectivity index (χ0v) is 10.7. The van der Waals surface area contributed by atoms with Crippen LogP contribution in [-0.2, 0) is 4.79 Å². The van der Waals surface area contributed by atoms with Crippen LogP contribution in [0.25, 0.3) is 0 Å². The number of alkyl halides is 1. The van der Waals surface area contributed by atoms with E-state index in [1.165, 1.54) is 0 Å². The first-order chi connectivity index (χ1) is 9.14. The second-order valence-corrected chi connectivity index (χ2v) is 4.76. The second-order valence-electron chi connectivity index (χ2n) is 4.76. The van der Waals surface area contributed by atoms with Gasteiger partial charge >= 0.3 is 0 Å². The van der Waals surface area contributed by atoms with Crippen LogP contribution in [0.1, 0.15) is 25.7 Å². The highest BCUT2D eigenvalue weighted by molar-refractivity contribution is 5.97. The number of amides is 1. The van der Waals surface area contributed by atoms with Gasteiger partial charge in [0.1, 0.15) is 24.6 Å². The van der Waals surface area contributed by atoms with Crippen molar-refractivity contribution in [2.24, 2.45) is 0 Å². The fourth-order valence-electron chi connectivity index (χ4n) is 2.25. The van der Waals surface area contributed by atoms with E-state index in [2.05, 4.69) is 5.32 Å². The van der Waals surface area contributed by atoms with Crippen LogP contribution in [0.4, 0.5) is 10.1 Å². The minimum Gasteiger partial charge on any atom is -0.491 e. The first-order valence-corrected chi connectivity index (χ1v) is 6.47. The minimum absolute atomic E-state index is 0.0126. The van der Waals surface area contributed by atoms with Gasteiger partial charge in [0.15, 0.2) is 0 Å². The van der Waals surface area contributed by atoms with E-state index in [0.29, 0.717) is 24.3 Å². The van der Waals surface area contributed by atoms with Crippen LogP contribution in [-0.4, -0.2) is 29.9 Å². The van der Waals surface area contributed by atoms with Crippen molar-refractivity contribution in [2.75, 3.05) is 18.6 Å². The molecule has 0 bridgehead atoms. The summed E-state index contributed by atoms with van der Waals surface area (Å²) in [7, 11) is 0. The summed E-state index contributed by atoms with van der Waals surface area (Å²) in [4.78, 5) is 12.0. The van der Waals surface area contributed by atoms with Gasteiger partial charge in [0.25, 0.3) is 5.91 Å². The molecule has 104 valence electrons. The van der Waals surface area contributed by atoms with Crippen LogP contribution in [0, 0.1) is 0 Å². The van der Waals surface area contributed by atoms with E-state index < -0.39 is 12.3 Å². The van der Waals surface area contributed by atoms with Gasteiger partial charge in [-0.25, -0.2) is 4.39 Å². The van der Waals surface area contributed by atoms with Crippen molar-refractivity contribution in [1.29, 1.82) is 0 Å². The van der Waals surface area contributed by atoms with Crippen molar-refractivity contribution in [3.05, 3.63) is 24.3 Å². The summed E-state index contributed by atoms with van der Waals surface area (Å²) in [6, 6.07) is 6.72. The van der Waals surface area contributed by atoms with Crippen molar-refractivity contribution < 1.29 is 19.0 Å². The van der Waals surface area contributed by atoms with Gasteiger partial charge in [-0.05, 0) is 37.8 Å². The summed E-state index contributed by atoms with van der Waals surface area (Å²) < 4.78 is 17.2. The van der Waals surface area contributed by atoms with Gasteiger partial charge in [-0.15, -0.1) is 0 Å². The minimum atomic E-state index is -1.25. The van der Waals surface area contributed by atoms with Crippen LogP contribution in [0.5, 0.6) is 5.75 Å². The molecular weight excluding hydrogens is 249 g/mol. The molecule has 0 heterocycles. The topological polar surface area (TPSA) is 58.6 Å². The highest BCUT2D eigenvalue weighted by atomic mass is 19.1. The highest BCUT2D eigenvalue weighted by Crippen LogP contribution is 2.30. The molecule has 0 aliphatic heterocycles. The van der Waals surface area contributed by atoms with E-state index in [-0.39, 0.29) is 12.5 Å². The number of carbonyl (C=O) groups is 1. The lowest BCUT2D eigenvalue weighted by molar-refractivity contribution is -0.133. The van der Waals surface area contributed by atoms with E-state index in [1.807, 2.05) is 0 Å². The molecule has 1 aliphatic carbocycles. The lowest BCUT2D eigenvalue weighted by Crippen LogP contribution is -2.40. The van der Waals surface area contributed by atoms with E-state index >= 15 is 0 Å². The Balaban J connectivity index is 2.00. The first-order valence-electron chi connectivity index (χ1n) is 6.47. The average Bonchev–Trinajstić information content (AvgIpc) is 2.85. The zero-order chi connectivity index (χ0) is 13.7. The Morgan fingerprint density at radius 2 is 2.16 bits per heavy atom. The van der Waals surface area contributed by atoms with Gasteiger partial charge in [-0.1, -0.05) is 6.07 Å². The highest BCUT2D eigenvalue weighted by Gasteiger charge is 2.38. The molecule has 5 heteroatoms. The Morgan fingerprint density at radius 1 is 1.42 bits per heavy atom. The number of halogens is 1. The molecule has 2 rings (SSSR count). The zero-order valence-electron chi connectivity index (χ0n) is 10.7. The molecule has 19 heavy (non-hydrogen) atoms. The van der Waals surface area contributed by atoms with E-state index in [9.17, 15) is 14.3 Å². The Morgan fingerprint density at radius 3 is 2.84 bits per heavy atom. The van der Waals surface area contributed by atoms with Crippen LogP contribution in [0.3, 0.4) is 0 Å². The van der Waals surface area contributed by atoms with Crippen LogP contribution >= 0.6 is 0 Å². The molecule has 0 atom stereocenters. The van der Waals surface area contributed by atoms with Crippen molar-refractivity contribution in [1.82, 2.24) is 0 Å². The van der Waals surface area contributed by atoms with Crippen LogP contribution in [0.15, 0.2) is 24.3 Å². The van der Waals surface area contributed by atoms with Crippen molar-refractivity contribution in [2.45, 2.75) is 31.3 Å². The van der Waals surface area contributed by atoms with Crippen LogP contribution < -0.4 is 10.1 Å². The number of carbonyl (C=O) groups excluding carboxylic acids is 1. The normalized spacial score (nSPS) is 17.2. The van der Waals surface area contributed by atoms with Crippen LogP contribution in [0.2, 0.25) is 0 Å². The number of anilines is 1. The third-order valence-electron chi connectivity index (χ3n) is 3.29. The Bertz CT molecular complexity index is 444. The predicted octanol–water partition coefficient (Wildman–Crippen LogP) is 2.28. The van der Waals surface area contributed by atoms with Crippen molar-refractivity contribution in [3.63, 3.8) is 0 Å². The third kappa shape index (κ3) is 3.44. The SMILES string of the molecule is O=C(Nc1cccc(OCCF)c1)C1(O)CCCC1. The molecule has 1 aromatic carbocycles. The lowest BCUT2D eigenvalue weighted by Gasteiger charge is -2.21. The number of hydrogen-bond acceptors (Lipinski definition) is 3. The Labute approximate surface area is 111 Å². The third-order valence-corrected chi connectivity index (χ3v) is 3.29. The Hall–Kier alpha value is -1.62. The van der Waals surface area contributed by atoms with Gasteiger partial charge in [0, 0.05) is 11.8 Å². The number of hydrogen-bond donors (Lipinski definition) is 2. The molecule has 0 spiro atoms. The summed E-state index contributed by atoms with van der Waals surface area (Å²) in [5.41, 5.74) is -0.711. The van der Waals surface area contributed by atoms with Gasteiger partial charge in [0.05, 0.1) is 0 Å². The monoisotopic (exact) mass is 267 g/mol. The van der Waals surface area contributed by atoms with Gasteiger partial charge in [-0.3, -0.25) is 4.79 Å². The summed E-state index contributed by atoms with van der Waals surface area (Å²) in [5.74, 6) is 0.113. The molecule has 0 saturated heterocycles. The molecule has 0 radical (unpaired) electrons.